The van der Waals surface area contributed by atoms with Gasteiger partial charge in [-0.25, -0.2) is 9.50 Å². The van der Waals surface area contributed by atoms with E-state index >= 15 is 0 Å². The first-order chi connectivity index (χ1) is 9.19. The summed E-state index contributed by atoms with van der Waals surface area (Å²) in [5.74, 6) is 0. The van der Waals surface area contributed by atoms with E-state index in [2.05, 4.69) is 29.1 Å². The summed E-state index contributed by atoms with van der Waals surface area (Å²) in [5.41, 5.74) is 6.34. The Labute approximate surface area is 112 Å². The van der Waals surface area contributed by atoms with Gasteiger partial charge in [0.1, 0.15) is 0 Å². The Bertz CT molecular complexity index is 743. The highest BCUT2D eigenvalue weighted by Gasteiger charge is 2.09. The van der Waals surface area contributed by atoms with E-state index in [-0.39, 0.29) is 0 Å². The minimum atomic E-state index is 0.936. The fourth-order valence-corrected chi connectivity index (χ4v) is 2.25. The third-order valence-electron chi connectivity index (χ3n) is 3.27. The third kappa shape index (κ3) is 1.99. The molecule has 0 aliphatic carbocycles. The van der Waals surface area contributed by atoms with E-state index < -0.39 is 0 Å². The minimum Gasteiger partial charge on any atom is -0.264 e. The SMILES string of the molecule is CCc1cnn2c(C)cc(-c3cncc(C)c3)nc12. The van der Waals surface area contributed by atoms with Gasteiger partial charge in [0.05, 0.1) is 11.9 Å². The van der Waals surface area contributed by atoms with Crippen molar-refractivity contribution in [2.75, 3.05) is 0 Å². The van der Waals surface area contributed by atoms with E-state index in [1.165, 1.54) is 5.56 Å². The maximum absolute atomic E-state index is 4.74. The molecule has 0 aliphatic rings. The second kappa shape index (κ2) is 4.46. The quantitative estimate of drug-likeness (QED) is 0.704. The van der Waals surface area contributed by atoms with Gasteiger partial charge in [-0.05, 0) is 38.0 Å². The molecule has 3 heterocycles. The molecule has 3 rings (SSSR count). The maximum Gasteiger partial charge on any atom is 0.159 e. The Morgan fingerprint density at radius 1 is 1.11 bits per heavy atom. The molecule has 0 amide bonds. The summed E-state index contributed by atoms with van der Waals surface area (Å²) in [6.07, 6.45) is 6.54. The summed E-state index contributed by atoms with van der Waals surface area (Å²) in [6.45, 7) is 6.21. The zero-order valence-corrected chi connectivity index (χ0v) is 11.4. The molecule has 0 saturated heterocycles. The van der Waals surface area contributed by atoms with E-state index in [1.54, 1.807) is 0 Å². The first-order valence-corrected chi connectivity index (χ1v) is 6.45. The molecule has 0 saturated carbocycles. The van der Waals surface area contributed by atoms with Crippen LogP contribution < -0.4 is 0 Å². The van der Waals surface area contributed by atoms with Gasteiger partial charge in [-0.1, -0.05) is 6.92 Å². The van der Waals surface area contributed by atoms with Crippen molar-refractivity contribution < 1.29 is 0 Å². The smallest absolute Gasteiger partial charge is 0.159 e. The Morgan fingerprint density at radius 3 is 2.68 bits per heavy atom. The largest absolute Gasteiger partial charge is 0.264 e. The average molecular weight is 252 g/mol. The molecule has 0 fully saturated rings. The lowest BCUT2D eigenvalue weighted by atomic mass is 10.1. The zero-order chi connectivity index (χ0) is 13.4. The Morgan fingerprint density at radius 2 is 1.95 bits per heavy atom. The molecular weight excluding hydrogens is 236 g/mol. The topological polar surface area (TPSA) is 43.1 Å². The maximum atomic E-state index is 4.74. The number of pyridine rings is 1. The summed E-state index contributed by atoms with van der Waals surface area (Å²) in [5, 5.41) is 4.38. The van der Waals surface area contributed by atoms with Crippen LogP contribution in [0.25, 0.3) is 16.9 Å². The van der Waals surface area contributed by atoms with Crippen molar-refractivity contribution in [3.8, 4) is 11.3 Å². The van der Waals surface area contributed by atoms with Gasteiger partial charge in [0.25, 0.3) is 0 Å². The Kier molecular flexibility index (Phi) is 2.78. The van der Waals surface area contributed by atoms with Crippen LogP contribution in [0.15, 0.2) is 30.7 Å². The van der Waals surface area contributed by atoms with Crippen LogP contribution in [0.5, 0.6) is 0 Å². The molecule has 3 aromatic heterocycles. The molecule has 0 spiro atoms. The van der Waals surface area contributed by atoms with Crippen LogP contribution in [0.1, 0.15) is 23.7 Å². The highest BCUT2D eigenvalue weighted by molar-refractivity contribution is 5.63. The van der Waals surface area contributed by atoms with E-state index in [0.717, 1.165) is 34.6 Å². The number of aromatic nitrogens is 4. The lowest BCUT2D eigenvalue weighted by Crippen LogP contribution is -1.98. The van der Waals surface area contributed by atoms with Crippen molar-refractivity contribution in [2.45, 2.75) is 27.2 Å². The fourth-order valence-electron chi connectivity index (χ4n) is 2.25. The van der Waals surface area contributed by atoms with Crippen LogP contribution in [0.3, 0.4) is 0 Å². The number of fused-ring (bicyclic) bond motifs is 1. The van der Waals surface area contributed by atoms with Gasteiger partial charge in [-0.2, -0.15) is 5.10 Å². The van der Waals surface area contributed by atoms with Gasteiger partial charge in [-0.3, -0.25) is 4.98 Å². The number of nitrogens with zero attached hydrogens (tertiary/aromatic N) is 4. The summed E-state index contributed by atoms with van der Waals surface area (Å²) in [6, 6.07) is 4.16. The van der Waals surface area contributed by atoms with Crippen molar-refractivity contribution in [1.82, 2.24) is 19.6 Å². The molecule has 96 valence electrons. The number of aryl methyl sites for hydroxylation is 3. The predicted molar refractivity (Wildman–Crippen MR) is 75.1 cm³/mol. The molecular formula is C15H16N4. The summed E-state index contributed by atoms with van der Waals surface area (Å²) < 4.78 is 1.89. The molecule has 0 atom stereocenters. The first kappa shape index (κ1) is 11.8. The molecule has 19 heavy (non-hydrogen) atoms. The van der Waals surface area contributed by atoms with Crippen molar-refractivity contribution in [2.24, 2.45) is 0 Å². The van der Waals surface area contributed by atoms with E-state index in [1.807, 2.05) is 37.0 Å². The van der Waals surface area contributed by atoms with Crippen molar-refractivity contribution in [1.29, 1.82) is 0 Å². The lowest BCUT2D eigenvalue weighted by molar-refractivity contribution is 0.896. The Hall–Kier alpha value is -2.23. The fraction of sp³-hybridized carbons (Fsp3) is 0.267. The number of hydrogen-bond acceptors (Lipinski definition) is 3. The lowest BCUT2D eigenvalue weighted by Gasteiger charge is -2.06. The van der Waals surface area contributed by atoms with Gasteiger partial charge in [0, 0.05) is 29.2 Å². The van der Waals surface area contributed by atoms with Gasteiger partial charge in [0.15, 0.2) is 5.65 Å². The van der Waals surface area contributed by atoms with Crippen LogP contribution in [0.4, 0.5) is 0 Å². The van der Waals surface area contributed by atoms with Crippen molar-refractivity contribution in [3.05, 3.63) is 47.5 Å². The normalized spacial score (nSPS) is 11.1. The molecule has 0 N–H and O–H groups in total. The third-order valence-corrected chi connectivity index (χ3v) is 3.27. The van der Waals surface area contributed by atoms with Gasteiger partial charge < -0.3 is 0 Å². The molecule has 0 unspecified atom stereocenters. The van der Waals surface area contributed by atoms with E-state index in [4.69, 9.17) is 4.98 Å². The molecule has 0 aliphatic heterocycles. The first-order valence-electron chi connectivity index (χ1n) is 6.45. The molecule has 4 heteroatoms. The van der Waals surface area contributed by atoms with Crippen LogP contribution in [0.2, 0.25) is 0 Å². The molecule has 0 bridgehead atoms. The summed E-state index contributed by atoms with van der Waals surface area (Å²) in [4.78, 5) is 8.98. The zero-order valence-electron chi connectivity index (χ0n) is 11.4. The van der Waals surface area contributed by atoms with Crippen molar-refractivity contribution in [3.63, 3.8) is 0 Å². The molecule has 0 aromatic carbocycles. The van der Waals surface area contributed by atoms with E-state index in [0.29, 0.717) is 0 Å². The van der Waals surface area contributed by atoms with Crippen LogP contribution in [-0.2, 0) is 6.42 Å². The van der Waals surface area contributed by atoms with Gasteiger partial charge in [0.2, 0.25) is 0 Å². The summed E-state index contributed by atoms with van der Waals surface area (Å²) in [7, 11) is 0. The molecule has 4 nitrogen and oxygen atoms in total. The Balaban J connectivity index is 2.25. The van der Waals surface area contributed by atoms with Crippen molar-refractivity contribution >= 4 is 5.65 Å². The number of hydrogen-bond donors (Lipinski definition) is 0. The second-order valence-electron chi connectivity index (χ2n) is 4.79. The van der Waals surface area contributed by atoms with Crippen LogP contribution >= 0.6 is 0 Å². The van der Waals surface area contributed by atoms with Gasteiger partial charge in [-0.15, -0.1) is 0 Å². The standard InChI is InChI=1S/C15H16N4/c1-4-12-9-17-19-11(3)6-14(18-15(12)19)13-5-10(2)7-16-8-13/h5-9H,4H2,1-3H3. The average Bonchev–Trinajstić information content (AvgIpc) is 2.82. The predicted octanol–water partition coefficient (Wildman–Crippen LogP) is 2.97. The monoisotopic (exact) mass is 252 g/mol. The highest BCUT2D eigenvalue weighted by Crippen LogP contribution is 2.21. The second-order valence-corrected chi connectivity index (χ2v) is 4.79. The molecule has 0 radical (unpaired) electrons. The summed E-state index contributed by atoms with van der Waals surface area (Å²) >= 11 is 0. The highest BCUT2D eigenvalue weighted by atomic mass is 15.3. The molecule has 3 aromatic rings. The van der Waals surface area contributed by atoms with Gasteiger partial charge >= 0.3 is 0 Å². The minimum absolute atomic E-state index is 0.936. The van der Waals surface area contributed by atoms with Crippen LogP contribution in [-0.4, -0.2) is 19.6 Å². The van der Waals surface area contributed by atoms with E-state index in [9.17, 15) is 0 Å². The van der Waals surface area contributed by atoms with Crippen LogP contribution in [0, 0.1) is 13.8 Å². The number of rotatable bonds is 2.